The third kappa shape index (κ3) is 19.2. The van der Waals surface area contributed by atoms with Crippen LogP contribution in [0.25, 0.3) is 0 Å². The van der Waals surface area contributed by atoms with Crippen LogP contribution in [0.5, 0.6) is 5.75 Å². The topological polar surface area (TPSA) is 326 Å². The van der Waals surface area contributed by atoms with Gasteiger partial charge in [-0.3, -0.25) is 38.0 Å². The first-order valence-corrected chi connectivity index (χ1v) is 22.6. The van der Waals surface area contributed by atoms with Gasteiger partial charge in [-0.05, 0) is 74.2 Å². The molecule has 3 rings (SSSR count). The molecule has 0 saturated carbocycles. The number of nitrogens with one attached hydrogen (secondary N) is 7. The number of phenolic OH excluding ortho intramolecular Hbond substituents is 1. The zero-order valence-electron chi connectivity index (χ0n) is 35.9. The lowest BCUT2D eigenvalue weighted by Crippen LogP contribution is -2.59. The number of carboxylic acids is 1. The lowest BCUT2D eigenvalue weighted by atomic mass is 10.0. The van der Waals surface area contributed by atoms with E-state index < -0.39 is 89.1 Å². The molecule has 0 aliphatic carbocycles. The van der Waals surface area contributed by atoms with Crippen molar-refractivity contribution in [3.63, 3.8) is 0 Å². The van der Waals surface area contributed by atoms with Crippen LogP contribution in [0.4, 0.5) is 0 Å². The number of phenols is 1. The predicted molar refractivity (Wildman–Crippen MR) is 236 cm³/mol. The molecule has 1 aliphatic heterocycles. The van der Waals surface area contributed by atoms with Gasteiger partial charge < -0.3 is 58.9 Å². The minimum atomic E-state index is -1.43. The Morgan fingerprint density at radius 3 is 1.94 bits per heavy atom. The molecule has 7 atom stereocenters. The summed E-state index contributed by atoms with van der Waals surface area (Å²) in [5.74, 6) is -5.75. The van der Waals surface area contributed by atoms with Gasteiger partial charge in [-0.15, -0.1) is 0 Å². The minimum absolute atomic E-state index is 0.0256. The Bertz CT molecular complexity index is 1910. The molecular weight excluding hydrogens is 837 g/mol. The van der Waals surface area contributed by atoms with Gasteiger partial charge in [0.25, 0.3) is 0 Å². The molecule has 6 amide bonds. The number of benzene rings is 2. The summed E-state index contributed by atoms with van der Waals surface area (Å²) in [5.41, 5.74) is 11.8. The Hall–Kier alpha value is -6.09. The highest BCUT2D eigenvalue weighted by atomic mass is 32.2. The number of hydrogen-bond donors (Lipinski definition) is 11. The van der Waals surface area contributed by atoms with E-state index >= 15 is 0 Å². The Balaban J connectivity index is 1.82. The van der Waals surface area contributed by atoms with Crippen molar-refractivity contribution in [2.75, 3.05) is 31.6 Å². The monoisotopic (exact) mass is 898 g/mol. The third-order valence-corrected chi connectivity index (χ3v) is 10.8. The molecule has 1 fully saturated rings. The number of amides is 6. The fourth-order valence-corrected chi connectivity index (χ4v) is 7.25. The van der Waals surface area contributed by atoms with Gasteiger partial charge in [0.1, 0.15) is 36.0 Å². The smallest absolute Gasteiger partial charge is 0.326 e. The van der Waals surface area contributed by atoms with Crippen LogP contribution < -0.4 is 48.7 Å². The van der Waals surface area contributed by atoms with Crippen molar-refractivity contribution >= 4 is 58.2 Å². The van der Waals surface area contributed by atoms with Crippen molar-refractivity contribution < 1.29 is 48.0 Å². The normalized spacial score (nSPS) is 16.2. The number of aliphatic carboxylic acids is 1. The van der Waals surface area contributed by atoms with E-state index in [0.717, 1.165) is 6.42 Å². The van der Waals surface area contributed by atoms with Crippen molar-refractivity contribution in [3.05, 3.63) is 65.7 Å². The average molecular weight is 899 g/mol. The van der Waals surface area contributed by atoms with Gasteiger partial charge in [-0.1, -0.05) is 56.3 Å². The quantitative estimate of drug-likeness (QED) is 0.0289. The summed E-state index contributed by atoms with van der Waals surface area (Å²) in [5, 5.41) is 38.5. The highest BCUT2D eigenvalue weighted by molar-refractivity contribution is 7.84. The molecule has 20 nitrogen and oxygen atoms in total. The molecule has 1 heterocycles. The number of nitrogens with two attached hydrogens (primary N) is 2. The highest BCUT2D eigenvalue weighted by Gasteiger charge is 2.33. The van der Waals surface area contributed by atoms with Crippen LogP contribution in [-0.4, -0.2) is 130 Å². The van der Waals surface area contributed by atoms with E-state index in [1.165, 1.54) is 30.5 Å². The van der Waals surface area contributed by atoms with Gasteiger partial charge in [0.15, 0.2) is 5.96 Å². The van der Waals surface area contributed by atoms with E-state index in [1.807, 2.05) is 13.8 Å². The van der Waals surface area contributed by atoms with Crippen molar-refractivity contribution in [3.8, 4) is 5.75 Å². The summed E-state index contributed by atoms with van der Waals surface area (Å²) in [6.45, 7) is 4.02. The Labute approximate surface area is 369 Å². The molecule has 0 spiro atoms. The summed E-state index contributed by atoms with van der Waals surface area (Å²) >= 11 is 0. The maximum atomic E-state index is 14.1. The van der Waals surface area contributed by atoms with Crippen molar-refractivity contribution in [2.24, 2.45) is 22.4 Å². The van der Waals surface area contributed by atoms with Crippen LogP contribution in [0.15, 0.2) is 59.6 Å². The summed E-state index contributed by atoms with van der Waals surface area (Å²) in [7, 11) is -1.43. The van der Waals surface area contributed by atoms with Crippen molar-refractivity contribution in [1.29, 1.82) is 0 Å². The van der Waals surface area contributed by atoms with Crippen LogP contribution in [0.1, 0.15) is 63.5 Å². The molecule has 63 heavy (non-hydrogen) atoms. The maximum Gasteiger partial charge on any atom is 0.326 e. The lowest BCUT2D eigenvalue weighted by molar-refractivity contribution is -0.142. The first kappa shape index (κ1) is 51.3. The van der Waals surface area contributed by atoms with Gasteiger partial charge >= 0.3 is 5.97 Å². The lowest BCUT2D eigenvalue weighted by Gasteiger charge is -2.26. The number of aliphatic imine (C=N–C) groups is 1. The Morgan fingerprint density at radius 1 is 0.778 bits per heavy atom. The number of hydrogen-bond acceptors (Lipinski definition) is 11. The molecule has 1 saturated heterocycles. The van der Waals surface area contributed by atoms with E-state index in [0.29, 0.717) is 30.5 Å². The van der Waals surface area contributed by atoms with Gasteiger partial charge in [-0.2, -0.15) is 0 Å². The molecule has 0 bridgehead atoms. The molecule has 1 unspecified atom stereocenters. The van der Waals surface area contributed by atoms with Crippen molar-refractivity contribution in [1.82, 2.24) is 37.2 Å². The number of carbonyl (C=O) groups excluding carboxylic acids is 6. The number of carbonyl (C=O) groups is 7. The first-order valence-electron chi connectivity index (χ1n) is 20.8. The van der Waals surface area contributed by atoms with Crippen LogP contribution in [0, 0.1) is 5.92 Å². The SMILES string of the molecule is CC(C)C[C@H](NC(=O)[C@@H]1CCCN1)C(=O)NCC(=O)N[C@@H](Cc1ccc(O)cc1)C(=O)N[C@@H](CCS(C)=O)C(=O)N[C@@H](Cc1ccccc1)C(=O)N[C@@H](CCCN=C(N)N)C(=O)O. The number of carboxylic acid groups (broad SMARTS) is 1. The van der Waals surface area contributed by atoms with Gasteiger partial charge in [0, 0.05) is 42.2 Å². The predicted octanol–water partition coefficient (Wildman–Crippen LogP) is -1.58. The zero-order chi connectivity index (χ0) is 46.5. The highest BCUT2D eigenvalue weighted by Crippen LogP contribution is 2.13. The molecule has 2 aromatic carbocycles. The number of guanidine groups is 1. The second-order valence-electron chi connectivity index (χ2n) is 15.8. The summed E-state index contributed by atoms with van der Waals surface area (Å²) in [6.07, 6.45) is 3.01. The molecule has 0 aromatic heterocycles. The summed E-state index contributed by atoms with van der Waals surface area (Å²) < 4.78 is 12.3. The number of nitrogens with zero attached hydrogens (tertiary/aromatic N) is 1. The van der Waals surface area contributed by atoms with Crippen molar-refractivity contribution in [2.45, 2.75) is 101 Å². The molecular formula is C42H62N10O10S. The fourth-order valence-electron chi connectivity index (χ4n) is 6.69. The standard InChI is InChI=1S/C42H62N10O10S/c1-25(2)21-32(51-37(56)29-11-7-18-45-29)36(55)47-24-35(54)48-33(23-27-13-15-28(53)16-14-27)39(58)49-30(17-20-63(3)62)38(57)52-34(22-26-9-5-4-6-10-26)40(59)50-31(41(60)61)12-8-19-46-42(43)44/h4-6,9-10,13-16,25,29-34,45,53H,7-8,11-12,17-24H2,1-3H3,(H,47,55)(H,48,54)(H,49,58)(H,50,59)(H,51,56)(H,52,57)(H,60,61)(H4,43,44,46)/t29-,30-,31-,32-,33-,34-,63?/m0/s1. The first-order chi connectivity index (χ1) is 29.9. The van der Waals surface area contributed by atoms with E-state index in [4.69, 9.17) is 11.5 Å². The van der Waals surface area contributed by atoms with E-state index in [1.54, 1.807) is 30.3 Å². The molecule has 13 N–H and O–H groups in total. The van der Waals surface area contributed by atoms with Crippen LogP contribution >= 0.6 is 0 Å². The summed E-state index contributed by atoms with van der Waals surface area (Å²) in [4.78, 5) is 97.3. The second-order valence-corrected chi connectivity index (χ2v) is 17.3. The second kappa shape index (κ2) is 26.4. The van der Waals surface area contributed by atoms with E-state index in [-0.39, 0.29) is 67.9 Å². The van der Waals surface area contributed by atoms with E-state index in [9.17, 15) is 48.0 Å². The van der Waals surface area contributed by atoms with E-state index in [2.05, 4.69) is 42.2 Å². The van der Waals surface area contributed by atoms with Gasteiger partial charge in [-0.25, -0.2) is 4.79 Å². The largest absolute Gasteiger partial charge is 0.508 e. The molecule has 0 radical (unpaired) electrons. The maximum absolute atomic E-state index is 14.1. The fraction of sp³-hybridized carbons (Fsp3) is 0.524. The third-order valence-electron chi connectivity index (χ3n) is 9.97. The zero-order valence-corrected chi connectivity index (χ0v) is 36.7. The van der Waals surface area contributed by atoms with Crippen LogP contribution in [0.3, 0.4) is 0 Å². The van der Waals surface area contributed by atoms with Crippen LogP contribution in [-0.2, 0) is 57.2 Å². The minimum Gasteiger partial charge on any atom is -0.508 e. The number of rotatable bonds is 26. The summed E-state index contributed by atoms with van der Waals surface area (Å²) in [6, 6.07) is 7.69. The Kier molecular flexibility index (Phi) is 21.5. The molecule has 2 aromatic rings. The molecule has 1 aliphatic rings. The van der Waals surface area contributed by atoms with Gasteiger partial charge in [0.05, 0.1) is 12.6 Å². The van der Waals surface area contributed by atoms with Crippen LogP contribution in [0.2, 0.25) is 0 Å². The Morgan fingerprint density at radius 2 is 1.37 bits per heavy atom. The number of aromatic hydroxyl groups is 1. The van der Waals surface area contributed by atoms with Gasteiger partial charge in [0.2, 0.25) is 35.4 Å². The average Bonchev–Trinajstić information content (AvgIpc) is 3.78. The molecule has 346 valence electrons. The molecule has 21 heteroatoms.